The summed E-state index contributed by atoms with van der Waals surface area (Å²) in [6.45, 7) is 6.96. The van der Waals surface area contributed by atoms with Crippen LogP contribution in [0.3, 0.4) is 0 Å². The van der Waals surface area contributed by atoms with Gasteiger partial charge in [-0.25, -0.2) is 0 Å². The van der Waals surface area contributed by atoms with Gasteiger partial charge in [0, 0.05) is 38.3 Å². The zero-order chi connectivity index (χ0) is 19.3. The summed E-state index contributed by atoms with van der Waals surface area (Å²) in [5.41, 5.74) is 3.68. The van der Waals surface area contributed by atoms with Gasteiger partial charge in [0.2, 0.25) is 11.8 Å². The molecule has 0 aromatic carbocycles. The van der Waals surface area contributed by atoms with Crippen molar-refractivity contribution >= 4 is 11.8 Å². The van der Waals surface area contributed by atoms with Crippen LogP contribution in [0.1, 0.15) is 46.5 Å². The molecule has 8 nitrogen and oxygen atoms in total. The number of ether oxygens (including phenoxy) is 2. The fraction of sp³-hybridized carbons (Fsp3) is 0.765. The molecular formula is C17H28N4O4. The molecule has 0 aromatic heterocycles. The van der Waals surface area contributed by atoms with E-state index in [9.17, 15) is 9.59 Å². The highest BCUT2D eigenvalue weighted by atomic mass is 16.5. The van der Waals surface area contributed by atoms with Gasteiger partial charge in [0.05, 0.1) is 11.5 Å². The normalized spacial score (nSPS) is 13.3. The molecule has 8 heteroatoms. The molecule has 0 radical (unpaired) electrons. The number of nitriles is 2. The zero-order valence-electron chi connectivity index (χ0n) is 15.3. The average molecular weight is 352 g/mol. The molecule has 0 saturated carbocycles. The maximum Gasteiger partial charge on any atom is 0.238 e. The number of hydrogen-bond donors (Lipinski definition) is 2. The van der Waals surface area contributed by atoms with E-state index in [2.05, 4.69) is 11.4 Å². The van der Waals surface area contributed by atoms with E-state index in [0.29, 0.717) is 45.7 Å². The average Bonchev–Trinajstić information content (AvgIpc) is 2.52. The van der Waals surface area contributed by atoms with Crippen LogP contribution in [0.2, 0.25) is 0 Å². The maximum atomic E-state index is 11.6. The van der Waals surface area contributed by atoms with Crippen LogP contribution < -0.4 is 11.1 Å². The van der Waals surface area contributed by atoms with E-state index < -0.39 is 16.7 Å². The lowest BCUT2D eigenvalue weighted by atomic mass is 9.85. The Morgan fingerprint density at radius 3 is 2.08 bits per heavy atom. The maximum absolute atomic E-state index is 11.6. The van der Waals surface area contributed by atoms with Crippen LogP contribution in [0, 0.1) is 33.6 Å². The molecule has 3 N–H and O–H groups in total. The standard InChI is InChI=1S/C17H28N4O4/c1-16(2,15(23)21-13-19)5-9-24-7-4-8-25-10-6-17(3,12-18)11-14(20)22/h4-11H2,1-3H3,(H2,20,22)(H,21,23). The largest absolute Gasteiger partial charge is 0.381 e. The van der Waals surface area contributed by atoms with Crippen LogP contribution in [0.15, 0.2) is 0 Å². The summed E-state index contributed by atoms with van der Waals surface area (Å²) in [7, 11) is 0. The molecule has 2 amide bonds. The van der Waals surface area contributed by atoms with Gasteiger partial charge in [-0.05, 0) is 26.2 Å². The van der Waals surface area contributed by atoms with Gasteiger partial charge in [-0.15, -0.1) is 0 Å². The van der Waals surface area contributed by atoms with Gasteiger partial charge in [-0.2, -0.15) is 10.5 Å². The van der Waals surface area contributed by atoms with Crippen molar-refractivity contribution in [2.24, 2.45) is 16.6 Å². The van der Waals surface area contributed by atoms with Crippen molar-refractivity contribution in [2.75, 3.05) is 26.4 Å². The lowest BCUT2D eigenvalue weighted by Crippen LogP contribution is -2.35. The van der Waals surface area contributed by atoms with Crippen LogP contribution in [0.5, 0.6) is 0 Å². The van der Waals surface area contributed by atoms with Crippen molar-refractivity contribution in [1.29, 1.82) is 10.5 Å². The van der Waals surface area contributed by atoms with Gasteiger partial charge in [-0.3, -0.25) is 14.9 Å². The summed E-state index contributed by atoms with van der Waals surface area (Å²) in [6, 6.07) is 2.10. The van der Waals surface area contributed by atoms with E-state index in [1.165, 1.54) is 0 Å². The summed E-state index contributed by atoms with van der Waals surface area (Å²) < 4.78 is 10.9. The molecule has 0 rings (SSSR count). The Hall–Kier alpha value is -2.16. The van der Waals surface area contributed by atoms with Crippen LogP contribution in [-0.2, 0) is 19.1 Å². The van der Waals surface area contributed by atoms with E-state index in [0.717, 1.165) is 0 Å². The summed E-state index contributed by atoms with van der Waals surface area (Å²) >= 11 is 0. The zero-order valence-corrected chi connectivity index (χ0v) is 15.3. The second-order valence-corrected chi connectivity index (χ2v) is 6.84. The van der Waals surface area contributed by atoms with Crippen molar-refractivity contribution in [1.82, 2.24) is 5.32 Å². The van der Waals surface area contributed by atoms with Crippen LogP contribution >= 0.6 is 0 Å². The van der Waals surface area contributed by atoms with Crippen molar-refractivity contribution in [3.63, 3.8) is 0 Å². The number of carbonyl (C=O) groups excluding carboxylic acids is 2. The molecule has 25 heavy (non-hydrogen) atoms. The number of nitrogens with one attached hydrogen (secondary N) is 1. The van der Waals surface area contributed by atoms with Crippen LogP contribution in [0.4, 0.5) is 0 Å². The van der Waals surface area contributed by atoms with E-state index in [1.807, 2.05) is 0 Å². The SMILES string of the molecule is CC(C#N)(CCOCCCOCCC(C)(C)C(=O)NC#N)CC(N)=O. The highest BCUT2D eigenvalue weighted by Gasteiger charge is 2.27. The minimum absolute atomic E-state index is 0.0190. The molecule has 0 bridgehead atoms. The number of primary amides is 1. The van der Waals surface area contributed by atoms with E-state index in [4.69, 9.17) is 25.7 Å². The predicted octanol–water partition coefficient (Wildman–Crippen LogP) is 1.22. The number of nitrogens with zero attached hydrogens (tertiary/aromatic N) is 2. The van der Waals surface area contributed by atoms with E-state index in [-0.39, 0.29) is 12.3 Å². The summed E-state index contributed by atoms with van der Waals surface area (Å²) in [4.78, 5) is 22.5. The Bertz CT molecular complexity index is 522. The number of hydrogen-bond acceptors (Lipinski definition) is 6. The topological polar surface area (TPSA) is 138 Å². The Balaban J connectivity index is 3.75. The van der Waals surface area contributed by atoms with Crippen molar-refractivity contribution in [2.45, 2.75) is 46.5 Å². The second kappa shape index (κ2) is 11.4. The molecule has 0 aromatic rings. The molecule has 0 heterocycles. The number of amides is 2. The number of carbonyl (C=O) groups is 2. The second-order valence-electron chi connectivity index (χ2n) is 6.84. The molecule has 0 saturated heterocycles. The van der Waals surface area contributed by atoms with Gasteiger partial charge in [-0.1, -0.05) is 13.8 Å². The third-order valence-corrected chi connectivity index (χ3v) is 3.87. The summed E-state index contributed by atoms with van der Waals surface area (Å²) in [5, 5.41) is 19.7. The molecule has 0 spiro atoms. The van der Waals surface area contributed by atoms with E-state index in [1.54, 1.807) is 27.0 Å². The van der Waals surface area contributed by atoms with Crippen molar-refractivity contribution in [3.05, 3.63) is 0 Å². The van der Waals surface area contributed by atoms with E-state index >= 15 is 0 Å². The van der Waals surface area contributed by atoms with Gasteiger partial charge in [0.1, 0.15) is 0 Å². The minimum atomic E-state index is -0.794. The number of rotatable bonds is 13. The summed E-state index contributed by atoms with van der Waals surface area (Å²) in [6.07, 6.45) is 3.28. The lowest BCUT2D eigenvalue weighted by Gasteiger charge is -2.21. The van der Waals surface area contributed by atoms with Crippen molar-refractivity contribution < 1.29 is 19.1 Å². The quantitative estimate of drug-likeness (QED) is 0.290. The monoisotopic (exact) mass is 352 g/mol. The Labute approximate surface area is 149 Å². The summed E-state index contributed by atoms with van der Waals surface area (Å²) in [5.74, 6) is -0.817. The first-order valence-electron chi connectivity index (χ1n) is 8.21. The fourth-order valence-corrected chi connectivity index (χ4v) is 1.99. The fourth-order valence-electron chi connectivity index (χ4n) is 1.99. The third-order valence-electron chi connectivity index (χ3n) is 3.87. The molecule has 0 aliphatic heterocycles. The predicted molar refractivity (Wildman–Crippen MR) is 90.6 cm³/mol. The van der Waals surface area contributed by atoms with Crippen LogP contribution in [0.25, 0.3) is 0 Å². The molecule has 140 valence electrons. The third kappa shape index (κ3) is 10.3. The van der Waals surface area contributed by atoms with Gasteiger partial charge >= 0.3 is 0 Å². The first-order chi connectivity index (χ1) is 11.7. The lowest BCUT2D eigenvalue weighted by molar-refractivity contribution is -0.129. The van der Waals surface area contributed by atoms with Gasteiger partial charge < -0.3 is 15.2 Å². The number of nitrogens with two attached hydrogens (primary N) is 1. The molecule has 0 fully saturated rings. The minimum Gasteiger partial charge on any atom is -0.381 e. The molecule has 1 unspecified atom stereocenters. The molecule has 1 atom stereocenters. The molecule has 0 aliphatic carbocycles. The first kappa shape index (κ1) is 22.8. The Morgan fingerprint density at radius 2 is 1.60 bits per heavy atom. The van der Waals surface area contributed by atoms with Gasteiger partial charge in [0.25, 0.3) is 0 Å². The highest BCUT2D eigenvalue weighted by molar-refractivity contribution is 5.82. The van der Waals surface area contributed by atoms with Gasteiger partial charge in [0.15, 0.2) is 6.19 Å². The first-order valence-corrected chi connectivity index (χ1v) is 8.21. The smallest absolute Gasteiger partial charge is 0.238 e. The highest BCUT2D eigenvalue weighted by Crippen LogP contribution is 2.24. The molecular weight excluding hydrogens is 324 g/mol. The van der Waals surface area contributed by atoms with Crippen LogP contribution in [-0.4, -0.2) is 38.2 Å². The molecule has 0 aliphatic rings. The van der Waals surface area contributed by atoms with Crippen molar-refractivity contribution in [3.8, 4) is 12.3 Å². The Morgan fingerprint density at radius 1 is 1.04 bits per heavy atom. The Kier molecular flexibility index (Phi) is 10.4.